The van der Waals surface area contributed by atoms with E-state index in [0.717, 1.165) is 4.90 Å². The number of hydrogen-bond acceptors (Lipinski definition) is 3. The molecular formula is C14H19F3N2O2. The molecule has 0 bridgehead atoms. The Morgan fingerprint density at radius 1 is 1.52 bits per heavy atom. The smallest absolute Gasteiger partial charge is 0.406 e. The van der Waals surface area contributed by atoms with Gasteiger partial charge in [0.1, 0.15) is 12.3 Å². The second kappa shape index (κ2) is 6.09. The lowest BCUT2D eigenvalue weighted by molar-refractivity contribution is -0.169. The number of rotatable bonds is 5. The molecule has 0 aliphatic carbocycles. The van der Waals surface area contributed by atoms with Crippen LogP contribution in [0.4, 0.5) is 13.2 Å². The fourth-order valence-corrected chi connectivity index (χ4v) is 2.72. The van der Waals surface area contributed by atoms with Crippen molar-refractivity contribution in [2.75, 3.05) is 19.6 Å². The molecule has 0 radical (unpaired) electrons. The van der Waals surface area contributed by atoms with Crippen LogP contribution in [0.3, 0.4) is 0 Å². The second-order valence-electron chi connectivity index (χ2n) is 5.42. The van der Waals surface area contributed by atoms with Gasteiger partial charge in [-0.05, 0) is 31.5 Å². The zero-order chi connectivity index (χ0) is 15.5. The van der Waals surface area contributed by atoms with Crippen LogP contribution in [0.25, 0.3) is 0 Å². The maximum absolute atomic E-state index is 12.8. The molecule has 4 nitrogen and oxygen atoms in total. The average Bonchev–Trinajstić information content (AvgIpc) is 3.07. The molecule has 1 atom stereocenters. The van der Waals surface area contributed by atoms with Gasteiger partial charge >= 0.3 is 6.18 Å². The third-order valence-electron chi connectivity index (χ3n) is 3.96. The summed E-state index contributed by atoms with van der Waals surface area (Å²) in [6.07, 6.45) is -1.96. The van der Waals surface area contributed by atoms with Gasteiger partial charge in [-0.2, -0.15) is 13.2 Å². The summed E-state index contributed by atoms with van der Waals surface area (Å²) in [6.45, 7) is 1.50. The van der Waals surface area contributed by atoms with Crippen LogP contribution < -0.4 is 5.32 Å². The molecule has 118 valence electrons. The molecule has 0 saturated carbocycles. The summed E-state index contributed by atoms with van der Waals surface area (Å²) < 4.78 is 43.4. The van der Waals surface area contributed by atoms with Gasteiger partial charge in [0, 0.05) is 6.54 Å². The number of nitrogens with one attached hydrogen (secondary N) is 1. The lowest BCUT2D eigenvalue weighted by Crippen LogP contribution is -2.48. The van der Waals surface area contributed by atoms with Crippen LogP contribution in [0.1, 0.15) is 25.5 Å². The number of furan rings is 1. The molecule has 2 heterocycles. The van der Waals surface area contributed by atoms with E-state index in [1.807, 2.05) is 6.92 Å². The van der Waals surface area contributed by atoms with Gasteiger partial charge in [-0.25, -0.2) is 0 Å². The molecule has 1 N–H and O–H groups in total. The van der Waals surface area contributed by atoms with E-state index < -0.39 is 24.0 Å². The van der Waals surface area contributed by atoms with Gasteiger partial charge in [0.25, 0.3) is 0 Å². The molecule has 1 aromatic heterocycles. The zero-order valence-corrected chi connectivity index (χ0v) is 11.9. The van der Waals surface area contributed by atoms with E-state index in [9.17, 15) is 18.0 Å². The first-order chi connectivity index (χ1) is 9.86. The number of carbonyl (C=O) groups excluding carboxylic acids is 1. The molecule has 2 rings (SSSR count). The van der Waals surface area contributed by atoms with Crippen molar-refractivity contribution in [3.63, 3.8) is 0 Å². The van der Waals surface area contributed by atoms with E-state index in [2.05, 4.69) is 5.32 Å². The van der Waals surface area contributed by atoms with Crippen molar-refractivity contribution in [2.24, 2.45) is 5.41 Å². The number of alkyl halides is 3. The Bertz CT molecular complexity index is 465. The van der Waals surface area contributed by atoms with E-state index in [0.29, 0.717) is 31.7 Å². The number of amides is 1. The Kier molecular flexibility index (Phi) is 4.61. The Labute approximate surface area is 121 Å². The first kappa shape index (κ1) is 15.9. The van der Waals surface area contributed by atoms with Gasteiger partial charge in [0.05, 0.1) is 18.2 Å². The van der Waals surface area contributed by atoms with Crippen molar-refractivity contribution in [1.29, 1.82) is 0 Å². The van der Waals surface area contributed by atoms with Gasteiger partial charge in [-0.15, -0.1) is 0 Å². The standard InChI is InChI=1S/C14H19F3N2O2/c1-2-13(5-6-18-9-13)12(20)19(10-14(15,16)17)8-11-4-3-7-21-11/h3-4,7,18H,2,5-6,8-10H2,1H3. The topological polar surface area (TPSA) is 45.5 Å². The van der Waals surface area contributed by atoms with Crippen LogP contribution in [-0.4, -0.2) is 36.6 Å². The first-order valence-electron chi connectivity index (χ1n) is 6.95. The van der Waals surface area contributed by atoms with Crippen LogP contribution in [0.5, 0.6) is 0 Å². The Morgan fingerprint density at radius 3 is 2.76 bits per heavy atom. The van der Waals surface area contributed by atoms with Crippen LogP contribution in [0.2, 0.25) is 0 Å². The fourth-order valence-electron chi connectivity index (χ4n) is 2.72. The largest absolute Gasteiger partial charge is 0.467 e. The summed E-state index contributed by atoms with van der Waals surface area (Å²) in [5, 5.41) is 3.07. The molecule has 1 fully saturated rings. The highest BCUT2D eigenvalue weighted by Crippen LogP contribution is 2.33. The van der Waals surface area contributed by atoms with E-state index in [1.165, 1.54) is 6.26 Å². The quantitative estimate of drug-likeness (QED) is 0.909. The molecule has 7 heteroatoms. The first-order valence-corrected chi connectivity index (χ1v) is 6.95. The molecule has 21 heavy (non-hydrogen) atoms. The third kappa shape index (κ3) is 3.78. The normalized spacial score (nSPS) is 22.5. The summed E-state index contributed by atoms with van der Waals surface area (Å²) in [5.74, 6) is -0.103. The maximum atomic E-state index is 12.8. The lowest BCUT2D eigenvalue weighted by Gasteiger charge is -2.33. The Balaban J connectivity index is 2.19. The minimum absolute atomic E-state index is 0.160. The highest BCUT2D eigenvalue weighted by molar-refractivity contribution is 5.83. The van der Waals surface area contributed by atoms with Crippen LogP contribution in [0, 0.1) is 5.41 Å². The summed E-state index contributed by atoms with van der Waals surface area (Å²) in [7, 11) is 0. The molecule has 1 aromatic rings. The van der Waals surface area contributed by atoms with E-state index in [-0.39, 0.29) is 6.54 Å². The van der Waals surface area contributed by atoms with E-state index in [4.69, 9.17) is 4.42 Å². The molecule has 1 amide bonds. The third-order valence-corrected chi connectivity index (χ3v) is 3.96. The summed E-state index contributed by atoms with van der Waals surface area (Å²) >= 11 is 0. The fraction of sp³-hybridized carbons (Fsp3) is 0.643. The highest BCUT2D eigenvalue weighted by Gasteiger charge is 2.44. The summed E-state index contributed by atoms with van der Waals surface area (Å²) in [4.78, 5) is 13.5. The van der Waals surface area contributed by atoms with Gasteiger partial charge in [-0.1, -0.05) is 6.92 Å². The number of hydrogen-bond donors (Lipinski definition) is 1. The van der Waals surface area contributed by atoms with Crippen LogP contribution in [0.15, 0.2) is 22.8 Å². The SMILES string of the molecule is CCC1(C(=O)N(Cc2ccco2)CC(F)(F)F)CCNC1. The number of halogens is 3. The van der Waals surface area contributed by atoms with E-state index >= 15 is 0 Å². The van der Waals surface area contributed by atoms with Crippen molar-refractivity contribution in [3.8, 4) is 0 Å². The average molecular weight is 304 g/mol. The highest BCUT2D eigenvalue weighted by atomic mass is 19.4. The molecule has 1 saturated heterocycles. The molecule has 0 aromatic carbocycles. The van der Waals surface area contributed by atoms with Gasteiger partial charge in [-0.3, -0.25) is 4.79 Å². The maximum Gasteiger partial charge on any atom is 0.406 e. The van der Waals surface area contributed by atoms with Crippen LogP contribution >= 0.6 is 0 Å². The minimum Gasteiger partial charge on any atom is -0.467 e. The van der Waals surface area contributed by atoms with Crippen molar-refractivity contribution >= 4 is 5.91 Å². The van der Waals surface area contributed by atoms with Crippen molar-refractivity contribution in [2.45, 2.75) is 32.5 Å². The molecule has 0 spiro atoms. The van der Waals surface area contributed by atoms with Crippen molar-refractivity contribution < 1.29 is 22.4 Å². The minimum atomic E-state index is -4.43. The van der Waals surface area contributed by atoms with Gasteiger partial charge in [0.15, 0.2) is 0 Å². The number of carbonyl (C=O) groups is 1. The molecular weight excluding hydrogens is 285 g/mol. The summed E-state index contributed by atoms with van der Waals surface area (Å²) in [6, 6.07) is 3.17. The monoisotopic (exact) mass is 304 g/mol. The van der Waals surface area contributed by atoms with Crippen LogP contribution in [-0.2, 0) is 11.3 Å². The predicted molar refractivity (Wildman–Crippen MR) is 70.4 cm³/mol. The van der Waals surface area contributed by atoms with Crippen molar-refractivity contribution in [3.05, 3.63) is 24.2 Å². The van der Waals surface area contributed by atoms with Crippen molar-refractivity contribution in [1.82, 2.24) is 10.2 Å². The predicted octanol–water partition coefficient (Wildman–Crippen LogP) is 2.56. The summed E-state index contributed by atoms with van der Waals surface area (Å²) in [5.41, 5.74) is -0.738. The Morgan fingerprint density at radius 2 is 2.29 bits per heavy atom. The van der Waals surface area contributed by atoms with Gasteiger partial charge < -0.3 is 14.6 Å². The van der Waals surface area contributed by atoms with E-state index in [1.54, 1.807) is 12.1 Å². The molecule has 1 unspecified atom stereocenters. The zero-order valence-electron chi connectivity index (χ0n) is 11.9. The molecule has 1 aliphatic heterocycles. The number of nitrogens with zero attached hydrogens (tertiary/aromatic N) is 1. The molecule has 1 aliphatic rings. The second-order valence-corrected chi connectivity index (χ2v) is 5.42. The lowest BCUT2D eigenvalue weighted by atomic mass is 9.82. The van der Waals surface area contributed by atoms with Gasteiger partial charge in [0.2, 0.25) is 5.91 Å². The Hall–Kier alpha value is -1.50.